The van der Waals surface area contributed by atoms with E-state index in [4.69, 9.17) is 5.11 Å². The third kappa shape index (κ3) is 9.18. The molecule has 0 saturated heterocycles. The molecule has 6 heteroatoms. The number of hydrogen-bond donors (Lipinski definition) is 3. The van der Waals surface area contributed by atoms with Gasteiger partial charge in [0.05, 0.1) is 12.1 Å². The predicted molar refractivity (Wildman–Crippen MR) is 71.5 cm³/mol. The first kappa shape index (κ1) is 17.6. The Morgan fingerprint density at radius 3 is 2.53 bits per heavy atom. The van der Waals surface area contributed by atoms with Gasteiger partial charge in [0.25, 0.3) is 0 Å². The smallest absolute Gasteiger partial charge is 0.303 e. The molecule has 0 spiro atoms. The largest absolute Gasteiger partial charge is 0.481 e. The second-order valence-electron chi connectivity index (χ2n) is 4.49. The van der Waals surface area contributed by atoms with Crippen molar-refractivity contribution in [3.63, 3.8) is 0 Å². The number of amides is 1. The monoisotopic (exact) mass is 271 g/mol. The van der Waals surface area contributed by atoms with Crippen LogP contribution >= 0.6 is 0 Å². The molecule has 109 valence electrons. The number of carbonyl (C=O) groups excluding carboxylic acids is 2. The number of hydrogen-bond acceptors (Lipinski definition) is 4. The number of carboxylic acid groups (broad SMARTS) is 1. The van der Waals surface area contributed by atoms with Crippen LogP contribution in [0.5, 0.6) is 0 Å². The molecule has 0 rings (SSSR count). The summed E-state index contributed by atoms with van der Waals surface area (Å²) in [7, 11) is 0. The minimum absolute atomic E-state index is 0.0626. The van der Waals surface area contributed by atoms with Gasteiger partial charge in [-0.05, 0) is 26.3 Å². The molecule has 1 amide bonds. The van der Waals surface area contributed by atoms with Crippen LogP contribution in [0.4, 0.5) is 0 Å². The van der Waals surface area contributed by atoms with Gasteiger partial charge in [0, 0.05) is 6.42 Å². The molecule has 3 N–H and O–H groups in total. The van der Waals surface area contributed by atoms with Gasteiger partial charge in [-0.3, -0.25) is 14.4 Å². The molecule has 1 radical (unpaired) electrons. The fraction of sp³-hybridized carbons (Fsp3) is 0.769. The third-order valence-corrected chi connectivity index (χ3v) is 2.73. The van der Waals surface area contributed by atoms with E-state index >= 15 is 0 Å². The summed E-state index contributed by atoms with van der Waals surface area (Å²) in [6.45, 7) is 4.55. The van der Waals surface area contributed by atoms with E-state index in [1.165, 1.54) is 0 Å². The average molecular weight is 271 g/mol. The van der Waals surface area contributed by atoms with Crippen LogP contribution < -0.4 is 10.6 Å². The van der Waals surface area contributed by atoms with Crippen molar-refractivity contribution < 1.29 is 19.5 Å². The molecule has 19 heavy (non-hydrogen) atoms. The molecule has 0 aliphatic heterocycles. The Balaban J connectivity index is 3.96. The minimum Gasteiger partial charge on any atom is -0.481 e. The first-order valence-corrected chi connectivity index (χ1v) is 6.64. The summed E-state index contributed by atoms with van der Waals surface area (Å²) in [4.78, 5) is 32.7. The molecule has 0 fully saturated rings. The summed E-state index contributed by atoms with van der Waals surface area (Å²) in [6, 6.07) is -1.26. The molecular weight excluding hydrogens is 248 g/mol. The Bertz CT molecular complexity index is 294. The molecule has 0 unspecified atom stereocenters. The summed E-state index contributed by atoms with van der Waals surface area (Å²) < 4.78 is 0. The van der Waals surface area contributed by atoms with Gasteiger partial charge in [-0.2, -0.15) is 0 Å². The van der Waals surface area contributed by atoms with Gasteiger partial charge >= 0.3 is 5.97 Å². The van der Waals surface area contributed by atoms with Crippen molar-refractivity contribution in [1.82, 2.24) is 10.6 Å². The van der Waals surface area contributed by atoms with Gasteiger partial charge in [0.2, 0.25) is 12.2 Å². The average Bonchev–Trinajstić information content (AvgIpc) is 2.38. The van der Waals surface area contributed by atoms with Gasteiger partial charge < -0.3 is 15.7 Å². The Hall–Kier alpha value is -1.43. The topological polar surface area (TPSA) is 95.5 Å². The van der Waals surface area contributed by atoms with Crippen molar-refractivity contribution >= 4 is 18.2 Å². The second-order valence-corrected chi connectivity index (χ2v) is 4.49. The van der Waals surface area contributed by atoms with E-state index in [1.807, 2.05) is 0 Å². The highest BCUT2D eigenvalue weighted by Gasteiger charge is 2.18. The molecule has 0 bridgehead atoms. The van der Waals surface area contributed by atoms with Gasteiger partial charge in [0.1, 0.15) is 0 Å². The van der Waals surface area contributed by atoms with E-state index in [0.29, 0.717) is 0 Å². The van der Waals surface area contributed by atoms with Gasteiger partial charge in [0.15, 0.2) is 0 Å². The third-order valence-electron chi connectivity index (χ3n) is 2.73. The lowest BCUT2D eigenvalue weighted by molar-refractivity contribution is -0.137. The van der Waals surface area contributed by atoms with Gasteiger partial charge in [-0.1, -0.05) is 19.8 Å². The molecule has 0 aromatic carbocycles. The lowest BCUT2D eigenvalue weighted by Gasteiger charge is -2.16. The van der Waals surface area contributed by atoms with Crippen LogP contribution in [-0.2, 0) is 14.4 Å². The second kappa shape index (κ2) is 10.5. The van der Waals surface area contributed by atoms with E-state index in [0.717, 1.165) is 25.8 Å². The molecule has 0 aromatic heterocycles. The zero-order valence-electron chi connectivity index (χ0n) is 11.6. The predicted octanol–water partition coefficient (Wildman–Crippen LogP) is 0.614. The molecular formula is C13H23N2O4. The van der Waals surface area contributed by atoms with E-state index in [9.17, 15) is 14.4 Å². The Labute approximate surface area is 113 Å². The van der Waals surface area contributed by atoms with E-state index in [1.54, 1.807) is 13.2 Å². The van der Waals surface area contributed by atoms with Crippen molar-refractivity contribution in [3.8, 4) is 0 Å². The van der Waals surface area contributed by atoms with Crippen molar-refractivity contribution in [2.45, 2.75) is 58.0 Å². The number of aliphatic carboxylic acids is 1. The molecule has 2 atom stereocenters. The molecule has 0 aromatic rings. The van der Waals surface area contributed by atoms with Crippen molar-refractivity contribution in [2.24, 2.45) is 0 Å². The van der Waals surface area contributed by atoms with Crippen LogP contribution in [0, 0.1) is 0 Å². The summed E-state index contributed by atoms with van der Waals surface area (Å²) in [5.74, 6) is -1.31. The summed E-state index contributed by atoms with van der Waals surface area (Å²) >= 11 is 0. The standard InChI is InChI=1S/C13H23N2O4/c1-3-4-5-8-14-10(2)13(19)15-11(9-16)6-7-12(17)18/h10-11,14H,3-8H2,1-2H3,(H,15,19)(H,17,18)/t10-,11+/m0/s1. The van der Waals surface area contributed by atoms with Crippen LogP contribution in [0.3, 0.4) is 0 Å². The van der Waals surface area contributed by atoms with Gasteiger partial charge in [-0.15, -0.1) is 0 Å². The minimum atomic E-state index is -1.000. The maximum absolute atomic E-state index is 11.7. The summed E-state index contributed by atoms with van der Waals surface area (Å²) in [5, 5.41) is 14.0. The molecule has 0 heterocycles. The van der Waals surface area contributed by atoms with Crippen LogP contribution in [0.2, 0.25) is 0 Å². The maximum atomic E-state index is 11.7. The summed E-state index contributed by atoms with van der Waals surface area (Å²) in [5.41, 5.74) is 0. The van der Waals surface area contributed by atoms with Crippen LogP contribution in [0.15, 0.2) is 0 Å². The molecule has 0 aliphatic carbocycles. The number of unbranched alkanes of at least 4 members (excludes halogenated alkanes) is 2. The maximum Gasteiger partial charge on any atom is 0.303 e. The normalized spacial score (nSPS) is 13.6. The van der Waals surface area contributed by atoms with E-state index in [2.05, 4.69) is 17.6 Å². The lowest BCUT2D eigenvalue weighted by Crippen LogP contribution is -2.47. The number of carboxylic acids is 1. The van der Waals surface area contributed by atoms with E-state index < -0.39 is 18.1 Å². The highest BCUT2D eigenvalue weighted by Crippen LogP contribution is 1.97. The van der Waals surface area contributed by atoms with Crippen molar-refractivity contribution in [2.75, 3.05) is 6.54 Å². The number of carbonyl (C=O) groups is 2. The quantitative estimate of drug-likeness (QED) is 0.479. The first-order chi connectivity index (χ1) is 9.01. The zero-order valence-corrected chi connectivity index (χ0v) is 11.6. The van der Waals surface area contributed by atoms with Crippen molar-refractivity contribution in [3.05, 3.63) is 0 Å². The van der Waals surface area contributed by atoms with E-state index in [-0.39, 0.29) is 18.7 Å². The Kier molecular flexibility index (Phi) is 9.70. The fourth-order valence-electron chi connectivity index (χ4n) is 1.51. The Morgan fingerprint density at radius 1 is 1.32 bits per heavy atom. The van der Waals surface area contributed by atoms with Crippen LogP contribution in [0.25, 0.3) is 0 Å². The van der Waals surface area contributed by atoms with Crippen molar-refractivity contribution in [1.29, 1.82) is 0 Å². The lowest BCUT2D eigenvalue weighted by atomic mass is 10.1. The number of nitrogens with one attached hydrogen (secondary N) is 2. The van der Waals surface area contributed by atoms with Gasteiger partial charge in [-0.25, -0.2) is 0 Å². The molecule has 0 saturated carbocycles. The van der Waals surface area contributed by atoms with Crippen LogP contribution in [-0.4, -0.2) is 41.9 Å². The Morgan fingerprint density at radius 2 is 2.00 bits per heavy atom. The highest BCUT2D eigenvalue weighted by atomic mass is 16.4. The molecule has 6 nitrogen and oxygen atoms in total. The van der Waals surface area contributed by atoms with Crippen LogP contribution in [0.1, 0.15) is 46.0 Å². The SMILES string of the molecule is CCCCCN[C@@H](C)C(=O)N[C@@H]([C]=O)CCC(=O)O. The highest BCUT2D eigenvalue weighted by molar-refractivity contribution is 5.84. The number of rotatable bonds is 11. The fourth-order valence-corrected chi connectivity index (χ4v) is 1.51. The zero-order chi connectivity index (χ0) is 14.7. The summed E-state index contributed by atoms with van der Waals surface area (Å²) in [6.07, 6.45) is 4.75. The molecule has 0 aliphatic rings. The first-order valence-electron chi connectivity index (χ1n) is 6.64.